The molecule has 2 N–H and O–H groups in total. The molecule has 0 unspecified atom stereocenters. The van der Waals surface area contributed by atoms with Gasteiger partial charge in [0, 0.05) is 6.42 Å². The minimum Gasteiger partial charge on any atom is -0.480 e. The molecule has 0 aromatic carbocycles. The lowest BCUT2D eigenvalue weighted by atomic mass is 10.0. The number of aliphatic carboxylic acids is 1. The molecule has 0 aromatic heterocycles. The van der Waals surface area contributed by atoms with Crippen molar-refractivity contribution in [1.29, 1.82) is 0 Å². The lowest BCUT2D eigenvalue weighted by Gasteiger charge is -2.26. The van der Waals surface area contributed by atoms with E-state index in [9.17, 15) is 14.7 Å². The van der Waals surface area contributed by atoms with Gasteiger partial charge in [0.05, 0.1) is 12.1 Å². The van der Waals surface area contributed by atoms with Crippen molar-refractivity contribution in [3.8, 4) is 0 Å². The van der Waals surface area contributed by atoms with Gasteiger partial charge in [0.15, 0.2) is 0 Å². The molecule has 1 fully saturated rings. The summed E-state index contributed by atoms with van der Waals surface area (Å²) in [5, 5.41) is 18.8. The first kappa shape index (κ1) is 13.8. The summed E-state index contributed by atoms with van der Waals surface area (Å²) < 4.78 is 5.11. The van der Waals surface area contributed by atoms with E-state index in [4.69, 9.17) is 9.84 Å². The van der Waals surface area contributed by atoms with Crippen molar-refractivity contribution < 1.29 is 24.5 Å². The van der Waals surface area contributed by atoms with Crippen LogP contribution in [-0.4, -0.2) is 51.0 Å². The summed E-state index contributed by atoms with van der Waals surface area (Å²) in [7, 11) is 0. The molecule has 0 spiro atoms. The molecule has 6 heteroatoms. The zero-order valence-corrected chi connectivity index (χ0v) is 10.6. The number of carboxylic acid groups (broad SMARTS) is 1. The Labute approximate surface area is 100 Å². The first-order valence-electron chi connectivity index (χ1n) is 5.47. The first-order chi connectivity index (χ1) is 7.52. The number of carboxylic acids is 1. The maximum absolute atomic E-state index is 11.8. The number of β-amino-alcohol motifs (C(OH)–C–C–N with tert-alkyl or cyclic N) is 1. The third-order valence-corrected chi connectivity index (χ3v) is 2.43. The smallest absolute Gasteiger partial charge is 0.411 e. The molecule has 1 amide bonds. The monoisotopic (exact) mass is 245 g/mol. The summed E-state index contributed by atoms with van der Waals surface area (Å²) in [4.78, 5) is 23.9. The zero-order valence-electron chi connectivity index (χ0n) is 10.6. The van der Waals surface area contributed by atoms with Crippen molar-refractivity contribution in [2.24, 2.45) is 0 Å². The Morgan fingerprint density at radius 1 is 1.41 bits per heavy atom. The molecule has 0 radical (unpaired) electrons. The van der Waals surface area contributed by atoms with E-state index < -0.39 is 29.3 Å². The van der Waals surface area contributed by atoms with Crippen LogP contribution in [0.1, 0.15) is 34.1 Å². The number of rotatable bonds is 1. The first-order valence-corrected chi connectivity index (χ1v) is 5.47. The highest BCUT2D eigenvalue weighted by Crippen LogP contribution is 2.28. The van der Waals surface area contributed by atoms with Gasteiger partial charge in [-0.3, -0.25) is 4.90 Å². The van der Waals surface area contributed by atoms with Crippen molar-refractivity contribution in [3.63, 3.8) is 0 Å². The number of carbonyl (C=O) groups excluding carboxylic acids is 1. The van der Waals surface area contributed by atoms with Crippen LogP contribution in [0.4, 0.5) is 4.79 Å². The fourth-order valence-electron chi connectivity index (χ4n) is 1.80. The van der Waals surface area contributed by atoms with Crippen LogP contribution in [0.5, 0.6) is 0 Å². The lowest BCUT2D eigenvalue weighted by molar-refractivity contribution is -0.142. The second kappa shape index (κ2) is 4.18. The minimum absolute atomic E-state index is 0.0155. The number of likely N-dealkylation sites (tertiary alicyclic amines) is 1. The molecule has 17 heavy (non-hydrogen) atoms. The van der Waals surface area contributed by atoms with Crippen molar-refractivity contribution in [2.45, 2.75) is 51.4 Å². The second-order valence-electron chi connectivity index (χ2n) is 5.66. The van der Waals surface area contributed by atoms with Crippen LogP contribution >= 0.6 is 0 Å². The Bertz CT molecular complexity index is 331. The summed E-state index contributed by atoms with van der Waals surface area (Å²) in [6.45, 7) is 6.59. The summed E-state index contributed by atoms with van der Waals surface area (Å²) >= 11 is 0. The van der Waals surface area contributed by atoms with Gasteiger partial charge in [0.2, 0.25) is 0 Å². The standard InChI is InChI=1S/C11H19NO5/c1-10(2,3)17-9(15)12-6-11(4,16)5-7(12)8(13)14/h7,16H,5-6H2,1-4H3,(H,13,14)/t7-,11-/m0/s1. The fraction of sp³-hybridized carbons (Fsp3) is 0.818. The van der Waals surface area contributed by atoms with Crippen LogP contribution in [-0.2, 0) is 9.53 Å². The van der Waals surface area contributed by atoms with Gasteiger partial charge in [-0.25, -0.2) is 9.59 Å². The molecular weight excluding hydrogens is 226 g/mol. The molecule has 0 aliphatic carbocycles. The van der Waals surface area contributed by atoms with Gasteiger partial charge < -0.3 is 14.9 Å². The van der Waals surface area contributed by atoms with Crippen molar-refractivity contribution in [2.75, 3.05) is 6.54 Å². The number of amides is 1. The summed E-state index contributed by atoms with van der Waals surface area (Å²) in [6, 6.07) is -1.03. The Balaban J connectivity index is 2.81. The molecule has 6 nitrogen and oxygen atoms in total. The molecule has 0 saturated carbocycles. The molecule has 1 aliphatic rings. The third kappa shape index (κ3) is 3.59. The van der Waals surface area contributed by atoms with Crippen molar-refractivity contribution in [1.82, 2.24) is 4.90 Å². The molecule has 0 aromatic rings. The third-order valence-electron chi connectivity index (χ3n) is 2.43. The van der Waals surface area contributed by atoms with E-state index in [-0.39, 0.29) is 13.0 Å². The molecule has 1 aliphatic heterocycles. The van der Waals surface area contributed by atoms with Gasteiger partial charge in [-0.15, -0.1) is 0 Å². The van der Waals surface area contributed by atoms with Crippen molar-refractivity contribution >= 4 is 12.1 Å². The maximum Gasteiger partial charge on any atom is 0.411 e. The van der Waals surface area contributed by atoms with E-state index in [1.54, 1.807) is 20.8 Å². The Hall–Kier alpha value is -1.30. The molecule has 1 saturated heterocycles. The molecule has 1 rings (SSSR count). The summed E-state index contributed by atoms with van der Waals surface area (Å²) in [6.07, 6.45) is -0.690. The predicted molar refractivity (Wildman–Crippen MR) is 59.6 cm³/mol. The Morgan fingerprint density at radius 2 is 1.94 bits per heavy atom. The van der Waals surface area contributed by atoms with Gasteiger partial charge in [-0.1, -0.05) is 0 Å². The second-order valence-corrected chi connectivity index (χ2v) is 5.66. The number of nitrogens with zero attached hydrogens (tertiary/aromatic N) is 1. The lowest BCUT2D eigenvalue weighted by Crippen LogP contribution is -2.43. The van der Waals surface area contributed by atoms with Crippen LogP contribution in [0.2, 0.25) is 0 Å². The van der Waals surface area contributed by atoms with Crippen molar-refractivity contribution in [3.05, 3.63) is 0 Å². The topological polar surface area (TPSA) is 87.1 Å². The fourth-order valence-corrected chi connectivity index (χ4v) is 1.80. The van der Waals surface area contributed by atoms with Gasteiger partial charge in [0.1, 0.15) is 11.6 Å². The number of ether oxygens (including phenoxy) is 1. The largest absolute Gasteiger partial charge is 0.480 e. The van der Waals surface area contributed by atoms with Crippen LogP contribution in [0.15, 0.2) is 0 Å². The van der Waals surface area contributed by atoms with Crippen LogP contribution in [0, 0.1) is 0 Å². The van der Waals surface area contributed by atoms with E-state index in [0.29, 0.717) is 0 Å². The maximum atomic E-state index is 11.8. The van der Waals surface area contributed by atoms with E-state index in [1.165, 1.54) is 6.92 Å². The van der Waals surface area contributed by atoms with Gasteiger partial charge >= 0.3 is 12.1 Å². The Kier molecular flexibility index (Phi) is 3.38. The van der Waals surface area contributed by atoms with E-state index in [1.807, 2.05) is 0 Å². The molecule has 0 bridgehead atoms. The zero-order chi connectivity index (χ0) is 13.4. The Morgan fingerprint density at radius 3 is 2.35 bits per heavy atom. The average Bonchev–Trinajstić information content (AvgIpc) is 2.38. The van der Waals surface area contributed by atoms with E-state index >= 15 is 0 Å². The molecule has 1 heterocycles. The molecular formula is C11H19NO5. The van der Waals surface area contributed by atoms with E-state index in [0.717, 1.165) is 4.90 Å². The molecule has 2 atom stereocenters. The van der Waals surface area contributed by atoms with Gasteiger partial charge in [0.25, 0.3) is 0 Å². The normalized spacial score (nSPS) is 29.2. The van der Waals surface area contributed by atoms with Crippen LogP contribution in [0.25, 0.3) is 0 Å². The highest BCUT2D eigenvalue weighted by atomic mass is 16.6. The van der Waals surface area contributed by atoms with E-state index in [2.05, 4.69) is 0 Å². The van der Waals surface area contributed by atoms with Crippen LogP contribution in [0.3, 0.4) is 0 Å². The van der Waals surface area contributed by atoms with Gasteiger partial charge in [-0.2, -0.15) is 0 Å². The average molecular weight is 245 g/mol. The summed E-state index contributed by atoms with van der Waals surface area (Å²) in [5.74, 6) is -1.13. The number of carbonyl (C=O) groups is 2. The van der Waals surface area contributed by atoms with Crippen LogP contribution < -0.4 is 0 Å². The quantitative estimate of drug-likeness (QED) is 0.714. The molecule has 98 valence electrons. The summed E-state index contributed by atoms with van der Waals surface area (Å²) in [5.41, 5.74) is -1.87. The minimum atomic E-state index is -1.18. The number of aliphatic hydroxyl groups is 1. The number of hydrogen-bond donors (Lipinski definition) is 2. The highest BCUT2D eigenvalue weighted by molar-refractivity contribution is 5.81. The SMILES string of the molecule is CC(C)(C)OC(=O)N1C[C@@](C)(O)C[C@H]1C(=O)O. The number of hydrogen-bond acceptors (Lipinski definition) is 4. The highest BCUT2D eigenvalue weighted by Gasteiger charge is 2.46. The predicted octanol–water partition coefficient (Wildman–Crippen LogP) is 0.831. The van der Waals surface area contributed by atoms with Gasteiger partial charge in [-0.05, 0) is 27.7 Å².